The highest BCUT2D eigenvalue weighted by molar-refractivity contribution is 9.10. The zero-order chi connectivity index (χ0) is 9.84. The predicted octanol–water partition coefficient (Wildman–Crippen LogP) is 1.13. The van der Waals surface area contributed by atoms with E-state index in [4.69, 9.17) is 5.73 Å². The van der Waals surface area contributed by atoms with Gasteiger partial charge in [0, 0.05) is 10.7 Å². The van der Waals surface area contributed by atoms with Crippen molar-refractivity contribution in [2.45, 2.75) is 13.0 Å². The van der Waals surface area contributed by atoms with Crippen LogP contribution in [-0.2, 0) is 4.79 Å². The maximum Gasteiger partial charge on any atom is 0.242 e. The van der Waals surface area contributed by atoms with E-state index in [-0.39, 0.29) is 5.91 Å². The molecule has 1 amide bonds. The minimum Gasteiger partial charge on any atom is -0.320 e. The summed E-state index contributed by atoms with van der Waals surface area (Å²) in [5, 5.41) is 2.58. The molecule has 13 heavy (non-hydrogen) atoms. The molecule has 0 fully saturated rings. The topological polar surface area (TPSA) is 68.0 Å². The van der Waals surface area contributed by atoms with E-state index in [9.17, 15) is 4.79 Å². The number of pyridine rings is 1. The van der Waals surface area contributed by atoms with Gasteiger partial charge in [-0.25, -0.2) is 4.98 Å². The highest BCUT2D eigenvalue weighted by Gasteiger charge is 2.07. The van der Waals surface area contributed by atoms with Gasteiger partial charge in [-0.1, -0.05) is 15.9 Å². The van der Waals surface area contributed by atoms with E-state index in [1.54, 1.807) is 25.3 Å². The van der Waals surface area contributed by atoms with Gasteiger partial charge >= 0.3 is 0 Å². The smallest absolute Gasteiger partial charge is 0.242 e. The molecule has 1 aromatic rings. The van der Waals surface area contributed by atoms with E-state index in [1.807, 2.05) is 0 Å². The van der Waals surface area contributed by atoms with Gasteiger partial charge in [-0.2, -0.15) is 0 Å². The van der Waals surface area contributed by atoms with Crippen LogP contribution < -0.4 is 11.1 Å². The van der Waals surface area contributed by atoms with Crippen LogP contribution in [-0.4, -0.2) is 16.9 Å². The molecule has 1 aromatic heterocycles. The van der Waals surface area contributed by atoms with Crippen LogP contribution in [0.1, 0.15) is 6.92 Å². The Morgan fingerprint density at radius 2 is 2.46 bits per heavy atom. The van der Waals surface area contributed by atoms with Crippen LogP contribution >= 0.6 is 15.9 Å². The predicted molar refractivity (Wildman–Crippen MR) is 54.2 cm³/mol. The van der Waals surface area contributed by atoms with Gasteiger partial charge in [0.15, 0.2) is 0 Å². The van der Waals surface area contributed by atoms with Crippen molar-refractivity contribution in [3.05, 3.63) is 22.8 Å². The quantitative estimate of drug-likeness (QED) is 0.819. The van der Waals surface area contributed by atoms with E-state index in [2.05, 4.69) is 26.2 Å². The Morgan fingerprint density at radius 1 is 1.77 bits per heavy atom. The molecule has 0 saturated heterocycles. The normalized spacial score (nSPS) is 12.2. The summed E-state index contributed by atoms with van der Waals surface area (Å²) in [6.45, 7) is 1.62. The molecular weight excluding hydrogens is 234 g/mol. The van der Waals surface area contributed by atoms with E-state index in [0.717, 1.165) is 4.47 Å². The van der Waals surface area contributed by atoms with E-state index in [0.29, 0.717) is 5.82 Å². The number of rotatable bonds is 2. The lowest BCUT2D eigenvalue weighted by molar-refractivity contribution is -0.117. The summed E-state index contributed by atoms with van der Waals surface area (Å²) in [5.41, 5.74) is 5.37. The fourth-order valence-electron chi connectivity index (χ4n) is 0.713. The summed E-state index contributed by atoms with van der Waals surface area (Å²) in [5.74, 6) is 0.252. The lowest BCUT2D eigenvalue weighted by atomic mass is 10.3. The van der Waals surface area contributed by atoms with Crippen molar-refractivity contribution >= 4 is 27.7 Å². The number of nitrogens with one attached hydrogen (secondary N) is 1. The Bertz CT molecular complexity index is 314. The summed E-state index contributed by atoms with van der Waals surface area (Å²) in [4.78, 5) is 15.1. The van der Waals surface area contributed by atoms with Crippen molar-refractivity contribution in [1.82, 2.24) is 4.98 Å². The van der Waals surface area contributed by atoms with Gasteiger partial charge in [0.2, 0.25) is 5.91 Å². The van der Waals surface area contributed by atoms with Crippen LogP contribution in [0.2, 0.25) is 0 Å². The maximum atomic E-state index is 11.1. The van der Waals surface area contributed by atoms with Crippen molar-refractivity contribution in [1.29, 1.82) is 0 Å². The molecule has 3 N–H and O–H groups in total. The molecule has 1 atom stereocenters. The average Bonchev–Trinajstić information content (AvgIpc) is 2.04. The molecule has 1 heterocycles. The Balaban J connectivity index is 2.69. The first-order valence-electron chi connectivity index (χ1n) is 3.77. The molecule has 0 aliphatic carbocycles. The second-order valence-corrected chi connectivity index (χ2v) is 3.55. The first-order chi connectivity index (χ1) is 6.09. The molecule has 0 spiro atoms. The Labute approximate surface area is 84.7 Å². The average molecular weight is 244 g/mol. The zero-order valence-electron chi connectivity index (χ0n) is 7.12. The van der Waals surface area contributed by atoms with Gasteiger partial charge < -0.3 is 11.1 Å². The minimum atomic E-state index is -0.527. The van der Waals surface area contributed by atoms with Crippen LogP contribution in [0.25, 0.3) is 0 Å². The van der Waals surface area contributed by atoms with Crippen LogP contribution in [0.3, 0.4) is 0 Å². The van der Waals surface area contributed by atoms with Crippen molar-refractivity contribution < 1.29 is 4.79 Å². The third kappa shape index (κ3) is 3.12. The second-order valence-electron chi connectivity index (χ2n) is 2.64. The number of carbonyl (C=O) groups excluding carboxylic acids is 1. The van der Waals surface area contributed by atoms with Gasteiger partial charge in [-0.3, -0.25) is 4.79 Å². The monoisotopic (exact) mass is 243 g/mol. The number of anilines is 1. The van der Waals surface area contributed by atoms with Crippen molar-refractivity contribution in [2.24, 2.45) is 5.73 Å². The molecule has 0 aromatic carbocycles. The second kappa shape index (κ2) is 4.34. The maximum absolute atomic E-state index is 11.1. The number of aromatic nitrogens is 1. The molecule has 0 aliphatic rings. The molecule has 0 bridgehead atoms. The first kappa shape index (κ1) is 10.1. The van der Waals surface area contributed by atoms with Gasteiger partial charge in [0.25, 0.3) is 0 Å². The molecule has 1 rings (SSSR count). The summed E-state index contributed by atoms with van der Waals surface area (Å²) in [6.07, 6.45) is 1.60. The first-order valence-corrected chi connectivity index (χ1v) is 4.57. The third-order valence-corrected chi connectivity index (χ3v) is 1.88. The number of hydrogen-bond donors (Lipinski definition) is 2. The molecule has 4 nitrogen and oxygen atoms in total. The zero-order valence-corrected chi connectivity index (χ0v) is 8.71. The lowest BCUT2D eigenvalue weighted by Gasteiger charge is -2.06. The minimum absolute atomic E-state index is 0.245. The van der Waals surface area contributed by atoms with Crippen molar-refractivity contribution in [3.8, 4) is 0 Å². The van der Waals surface area contributed by atoms with Crippen LogP contribution in [0.4, 0.5) is 5.82 Å². The molecule has 0 unspecified atom stereocenters. The standard InChI is InChI=1S/C8H10BrN3O/c1-5(10)8(13)12-7-4-6(9)2-3-11-7/h2-5H,10H2,1H3,(H,11,12,13)/t5-/m1/s1. The molecular formula is C8H10BrN3O. The molecule has 5 heteroatoms. The van der Waals surface area contributed by atoms with Gasteiger partial charge in [0.1, 0.15) is 5.82 Å². The van der Waals surface area contributed by atoms with Crippen LogP contribution in [0.5, 0.6) is 0 Å². The molecule has 0 aliphatic heterocycles. The Morgan fingerprint density at radius 3 is 3.00 bits per heavy atom. The van der Waals surface area contributed by atoms with Gasteiger partial charge in [-0.15, -0.1) is 0 Å². The summed E-state index contributed by atoms with van der Waals surface area (Å²) in [7, 11) is 0. The number of hydrogen-bond acceptors (Lipinski definition) is 3. The molecule has 0 saturated carbocycles. The number of nitrogens with two attached hydrogens (primary N) is 1. The Hall–Kier alpha value is -0.940. The molecule has 0 radical (unpaired) electrons. The van der Waals surface area contributed by atoms with Crippen LogP contribution in [0, 0.1) is 0 Å². The van der Waals surface area contributed by atoms with Gasteiger partial charge in [0.05, 0.1) is 6.04 Å². The number of carbonyl (C=O) groups is 1. The fraction of sp³-hybridized carbons (Fsp3) is 0.250. The highest BCUT2D eigenvalue weighted by atomic mass is 79.9. The van der Waals surface area contributed by atoms with Crippen molar-refractivity contribution in [2.75, 3.05) is 5.32 Å². The van der Waals surface area contributed by atoms with Gasteiger partial charge in [-0.05, 0) is 19.1 Å². The third-order valence-electron chi connectivity index (χ3n) is 1.39. The summed E-state index contributed by atoms with van der Waals surface area (Å²) >= 11 is 3.27. The number of amides is 1. The molecule has 70 valence electrons. The van der Waals surface area contributed by atoms with Crippen molar-refractivity contribution in [3.63, 3.8) is 0 Å². The van der Waals surface area contributed by atoms with E-state index < -0.39 is 6.04 Å². The van der Waals surface area contributed by atoms with E-state index in [1.165, 1.54) is 0 Å². The SMILES string of the molecule is C[C@@H](N)C(=O)Nc1cc(Br)ccn1. The highest BCUT2D eigenvalue weighted by Crippen LogP contribution is 2.12. The Kier molecular flexibility index (Phi) is 3.39. The number of halogens is 1. The summed E-state index contributed by atoms with van der Waals surface area (Å²) < 4.78 is 0.863. The summed E-state index contributed by atoms with van der Waals surface area (Å²) in [6, 6.07) is 2.96. The van der Waals surface area contributed by atoms with Crippen LogP contribution in [0.15, 0.2) is 22.8 Å². The van der Waals surface area contributed by atoms with E-state index >= 15 is 0 Å². The largest absolute Gasteiger partial charge is 0.320 e. The fourth-order valence-corrected chi connectivity index (χ4v) is 1.05. The number of nitrogens with zero attached hydrogens (tertiary/aromatic N) is 1. The lowest BCUT2D eigenvalue weighted by Crippen LogP contribution is -2.32.